The molecule has 3 heterocycles. The van der Waals surface area contributed by atoms with Gasteiger partial charge in [-0.15, -0.1) is 0 Å². The summed E-state index contributed by atoms with van der Waals surface area (Å²) in [6.07, 6.45) is 4.00. The summed E-state index contributed by atoms with van der Waals surface area (Å²) in [5.41, 5.74) is 8.25. The maximum absolute atomic E-state index is 5.78. The number of aromatic nitrogens is 2. The molecular weight excluding hydrogens is 202 g/mol. The van der Waals surface area contributed by atoms with E-state index < -0.39 is 0 Å². The molecule has 5 nitrogen and oxygen atoms in total. The van der Waals surface area contributed by atoms with Crippen LogP contribution in [-0.2, 0) is 6.42 Å². The van der Waals surface area contributed by atoms with E-state index in [1.807, 2.05) is 0 Å². The molecule has 0 bridgehead atoms. The molecule has 16 heavy (non-hydrogen) atoms. The molecule has 0 spiro atoms. The summed E-state index contributed by atoms with van der Waals surface area (Å²) >= 11 is 0. The van der Waals surface area contributed by atoms with Gasteiger partial charge in [-0.05, 0) is 25.4 Å². The molecule has 3 unspecified atom stereocenters. The van der Waals surface area contributed by atoms with Crippen molar-refractivity contribution in [2.24, 2.45) is 11.7 Å². The third kappa shape index (κ3) is 1.65. The van der Waals surface area contributed by atoms with Gasteiger partial charge in [-0.2, -0.15) is 0 Å². The fourth-order valence-electron chi connectivity index (χ4n) is 2.87. The first-order chi connectivity index (χ1) is 7.88. The van der Waals surface area contributed by atoms with Crippen molar-refractivity contribution in [1.29, 1.82) is 0 Å². The molecule has 2 aliphatic heterocycles. The summed E-state index contributed by atoms with van der Waals surface area (Å²) in [4.78, 5) is 7.71. The minimum absolute atomic E-state index is 0.374. The molecule has 3 atom stereocenters. The van der Waals surface area contributed by atoms with Gasteiger partial charge in [0.05, 0.1) is 18.1 Å². The number of H-pyrrole nitrogens is 1. The second-order valence-electron chi connectivity index (χ2n) is 4.80. The molecule has 0 aliphatic carbocycles. The van der Waals surface area contributed by atoms with Gasteiger partial charge in [0, 0.05) is 24.7 Å². The smallest absolute Gasteiger partial charge is 0.0925 e. The lowest BCUT2D eigenvalue weighted by Gasteiger charge is -2.33. The summed E-state index contributed by atoms with van der Waals surface area (Å²) in [5, 5.41) is 7.06. The van der Waals surface area contributed by atoms with E-state index in [9.17, 15) is 0 Å². The fourth-order valence-corrected chi connectivity index (χ4v) is 2.87. The zero-order valence-corrected chi connectivity index (χ0v) is 9.37. The van der Waals surface area contributed by atoms with Crippen molar-refractivity contribution in [2.75, 3.05) is 19.6 Å². The highest BCUT2D eigenvalue weighted by Gasteiger charge is 2.34. The van der Waals surface area contributed by atoms with Gasteiger partial charge < -0.3 is 21.4 Å². The Morgan fingerprint density at radius 1 is 1.50 bits per heavy atom. The first kappa shape index (κ1) is 10.3. The van der Waals surface area contributed by atoms with Gasteiger partial charge in [0.2, 0.25) is 0 Å². The zero-order valence-electron chi connectivity index (χ0n) is 9.37. The molecule has 0 amide bonds. The minimum atomic E-state index is 0.374. The number of aromatic amines is 1. The van der Waals surface area contributed by atoms with Crippen LogP contribution in [0.4, 0.5) is 0 Å². The number of hydrogen-bond acceptors (Lipinski definition) is 4. The highest BCUT2D eigenvalue weighted by molar-refractivity contribution is 5.22. The molecular formula is C11H19N5. The number of rotatable bonds is 2. The Labute approximate surface area is 95.2 Å². The van der Waals surface area contributed by atoms with Crippen molar-refractivity contribution in [3.8, 4) is 0 Å². The number of nitrogens with zero attached hydrogens (tertiary/aromatic N) is 1. The van der Waals surface area contributed by atoms with Crippen LogP contribution < -0.4 is 16.4 Å². The van der Waals surface area contributed by atoms with E-state index in [2.05, 4.69) is 20.6 Å². The Kier molecular flexibility index (Phi) is 2.67. The summed E-state index contributed by atoms with van der Waals surface area (Å²) in [5.74, 6) is 0.649. The van der Waals surface area contributed by atoms with Gasteiger partial charge in [-0.3, -0.25) is 0 Å². The number of hydrogen-bond donors (Lipinski definition) is 4. The summed E-state index contributed by atoms with van der Waals surface area (Å²) < 4.78 is 0. The quantitative estimate of drug-likeness (QED) is 0.544. The van der Waals surface area contributed by atoms with Crippen LogP contribution in [0.5, 0.6) is 0 Å². The first-order valence-electron chi connectivity index (χ1n) is 6.07. The van der Waals surface area contributed by atoms with Gasteiger partial charge in [0.1, 0.15) is 0 Å². The van der Waals surface area contributed by atoms with Crippen LogP contribution in [0.15, 0.2) is 6.33 Å². The number of nitrogens with two attached hydrogens (primary N) is 1. The molecule has 1 aromatic rings. The van der Waals surface area contributed by atoms with Gasteiger partial charge in [0.25, 0.3) is 0 Å². The normalized spacial score (nSPS) is 33.9. The molecule has 5 heteroatoms. The molecule has 2 aliphatic rings. The van der Waals surface area contributed by atoms with Crippen molar-refractivity contribution in [1.82, 2.24) is 20.6 Å². The molecule has 0 saturated carbocycles. The average Bonchev–Trinajstić information content (AvgIpc) is 2.98. The van der Waals surface area contributed by atoms with E-state index >= 15 is 0 Å². The first-order valence-corrected chi connectivity index (χ1v) is 6.07. The Bertz CT molecular complexity index is 355. The predicted molar refractivity (Wildman–Crippen MR) is 62.0 cm³/mol. The molecule has 0 aromatic carbocycles. The summed E-state index contributed by atoms with van der Waals surface area (Å²) in [6, 6.07) is 0.761. The highest BCUT2D eigenvalue weighted by Crippen LogP contribution is 2.31. The molecule has 1 saturated heterocycles. The lowest BCUT2D eigenvalue weighted by atomic mass is 9.89. The second kappa shape index (κ2) is 4.16. The Balaban J connectivity index is 1.87. The maximum atomic E-state index is 5.78. The average molecular weight is 221 g/mol. The van der Waals surface area contributed by atoms with Crippen molar-refractivity contribution in [2.45, 2.75) is 24.9 Å². The largest absolute Gasteiger partial charge is 0.348 e. The molecule has 1 aromatic heterocycles. The van der Waals surface area contributed by atoms with Crippen LogP contribution in [0.3, 0.4) is 0 Å². The predicted octanol–water partition coefficient (Wildman–Crippen LogP) is -0.467. The number of imidazole rings is 1. The topological polar surface area (TPSA) is 78.8 Å². The van der Waals surface area contributed by atoms with Crippen LogP contribution in [0.2, 0.25) is 0 Å². The Morgan fingerprint density at radius 2 is 2.44 bits per heavy atom. The van der Waals surface area contributed by atoms with Gasteiger partial charge in [0.15, 0.2) is 0 Å². The molecule has 5 N–H and O–H groups in total. The SMILES string of the molecule is NCC1Cc2[nH]cnc2C(C2CCNC2)N1. The monoisotopic (exact) mass is 221 g/mol. The van der Waals surface area contributed by atoms with E-state index in [-0.39, 0.29) is 0 Å². The molecule has 0 radical (unpaired) electrons. The molecule has 88 valence electrons. The lowest BCUT2D eigenvalue weighted by Crippen LogP contribution is -2.46. The number of fused-ring (bicyclic) bond motifs is 1. The standard InChI is InChI=1S/C11H19N5/c12-4-8-3-9-11(15-6-14-9)10(16-8)7-1-2-13-5-7/h6-8,10,13,16H,1-5,12H2,(H,14,15). The van der Waals surface area contributed by atoms with E-state index in [1.54, 1.807) is 6.33 Å². The van der Waals surface area contributed by atoms with Crippen molar-refractivity contribution >= 4 is 0 Å². The molecule has 1 fully saturated rings. The third-order valence-electron chi connectivity index (χ3n) is 3.77. The second-order valence-corrected chi connectivity index (χ2v) is 4.80. The van der Waals surface area contributed by atoms with E-state index in [1.165, 1.54) is 17.8 Å². The molecule has 3 rings (SSSR count). The Hall–Kier alpha value is -0.910. The van der Waals surface area contributed by atoms with Crippen LogP contribution in [0, 0.1) is 5.92 Å². The summed E-state index contributed by atoms with van der Waals surface area (Å²) in [7, 11) is 0. The van der Waals surface area contributed by atoms with E-state index in [0.29, 0.717) is 24.5 Å². The number of nitrogens with one attached hydrogen (secondary N) is 3. The van der Waals surface area contributed by atoms with E-state index in [0.717, 1.165) is 19.5 Å². The van der Waals surface area contributed by atoms with Crippen LogP contribution in [-0.4, -0.2) is 35.6 Å². The van der Waals surface area contributed by atoms with Crippen LogP contribution in [0.1, 0.15) is 23.9 Å². The van der Waals surface area contributed by atoms with E-state index in [4.69, 9.17) is 5.73 Å². The third-order valence-corrected chi connectivity index (χ3v) is 3.77. The van der Waals surface area contributed by atoms with Gasteiger partial charge in [-0.1, -0.05) is 0 Å². The minimum Gasteiger partial charge on any atom is -0.348 e. The maximum Gasteiger partial charge on any atom is 0.0925 e. The van der Waals surface area contributed by atoms with Crippen LogP contribution in [0.25, 0.3) is 0 Å². The van der Waals surface area contributed by atoms with Crippen molar-refractivity contribution < 1.29 is 0 Å². The van der Waals surface area contributed by atoms with Gasteiger partial charge in [-0.25, -0.2) is 4.98 Å². The Morgan fingerprint density at radius 3 is 3.19 bits per heavy atom. The summed E-state index contributed by atoms with van der Waals surface area (Å²) in [6.45, 7) is 2.90. The van der Waals surface area contributed by atoms with Crippen molar-refractivity contribution in [3.05, 3.63) is 17.7 Å². The lowest BCUT2D eigenvalue weighted by molar-refractivity contribution is 0.313. The van der Waals surface area contributed by atoms with Crippen LogP contribution >= 0.6 is 0 Å². The zero-order chi connectivity index (χ0) is 11.0. The fraction of sp³-hybridized carbons (Fsp3) is 0.727. The highest BCUT2D eigenvalue weighted by atomic mass is 15.1. The van der Waals surface area contributed by atoms with Crippen molar-refractivity contribution in [3.63, 3.8) is 0 Å². The van der Waals surface area contributed by atoms with Gasteiger partial charge >= 0.3 is 0 Å².